The summed E-state index contributed by atoms with van der Waals surface area (Å²) in [6.07, 6.45) is 3.85. The SMILES string of the molecule is CC(=O)N1CCN(c2c(F)cc3c(=O)c(C(=O)C=Cc4ccccc4)cn(CCF)c3c2F)CC1. The molecule has 2 heterocycles. The van der Waals surface area contributed by atoms with Gasteiger partial charge in [-0.2, -0.15) is 0 Å². The van der Waals surface area contributed by atoms with Crippen molar-refractivity contribution in [3.05, 3.63) is 81.7 Å². The van der Waals surface area contributed by atoms with Crippen LogP contribution in [0.15, 0.2) is 53.5 Å². The summed E-state index contributed by atoms with van der Waals surface area (Å²) >= 11 is 0. The van der Waals surface area contributed by atoms with Crippen LogP contribution in [0, 0.1) is 11.6 Å². The van der Waals surface area contributed by atoms with E-state index in [0.717, 1.165) is 22.4 Å². The second-order valence-electron chi connectivity index (χ2n) is 8.27. The van der Waals surface area contributed by atoms with Crippen molar-refractivity contribution in [2.45, 2.75) is 13.5 Å². The van der Waals surface area contributed by atoms with Gasteiger partial charge in [-0.3, -0.25) is 14.4 Å². The number of allylic oxidation sites excluding steroid dienone is 1. The van der Waals surface area contributed by atoms with E-state index in [1.165, 1.54) is 24.0 Å². The van der Waals surface area contributed by atoms with Crippen LogP contribution in [0.3, 0.4) is 0 Å². The number of alkyl halides is 1. The second-order valence-corrected chi connectivity index (χ2v) is 8.27. The summed E-state index contributed by atoms with van der Waals surface area (Å²) in [5.41, 5.74) is -1.00. The van der Waals surface area contributed by atoms with Gasteiger partial charge >= 0.3 is 0 Å². The third-order valence-corrected chi connectivity index (χ3v) is 6.09. The van der Waals surface area contributed by atoms with Crippen LogP contribution < -0.4 is 10.3 Å². The number of halogens is 3. The van der Waals surface area contributed by atoms with E-state index in [1.807, 2.05) is 6.07 Å². The number of benzene rings is 2. The third-order valence-electron chi connectivity index (χ3n) is 6.09. The van der Waals surface area contributed by atoms with Crippen molar-refractivity contribution >= 4 is 34.4 Å². The number of anilines is 1. The van der Waals surface area contributed by atoms with Gasteiger partial charge < -0.3 is 14.4 Å². The Morgan fingerprint density at radius 3 is 2.37 bits per heavy atom. The maximum Gasteiger partial charge on any atom is 0.219 e. The lowest BCUT2D eigenvalue weighted by atomic mass is 10.0. The van der Waals surface area contributed by atoms with Gasteiger partial charge in [0.2, 0.25) is 11.3 Å². The normalized spacial score (nSPS) is 14.2. The molecular weight excluding hydrogens is 459 g/mol. The number of carbonyl (C=O) groups is 2. The van der Waals surface area contributed by atoms with Gasteiger partial charge in [0, 0.05) is 39.3 Å². The number of ketones is 1. The molecule has 182 valence electrons. The molecule has 0 atom stereocenters. The first-order valence-corrected chi connectivity index (χ1v) is 11.2. The summed E-state index contributed by atoms with van der Waals surface area (Å²) in [6.45, 7) is 1.22. The number of aryl methyl sites for hydroxylation is 1. The van der Waals surface area contributed by atoms with Crippen molar-refractivity contribution in [2.24, 2.45) is 0 Å². The van der Waals surface area contributed by atoms with E-state index in [0.29, 0.717) is 13.1 Å². The Morgan fingerprint density at radius 2 is 1.74 bits per heavy atom. The molecule has 0 N–H and O–H groups in total. The van der Waals surface area contributed by atoms with Gasteiger partial charge in [-0.05, 0) is 17.7 Å². The number of hydrogen-bond donors (Lipinski definition) is 0. The van der Waals surface area contributed by atoms with Crippen molar-refractivity contribution in [3.8, 4) is 0 Å². The zero-order chi connectivity index (χ0) is 25.1. The summed E-state index contributed by atoms with van der Waals surface area (Å²) in [7, 11) is 0. The Hall–Kier alpha value is -3.88. The fourth-order valence-electron chi connectivity index (χ4n) is 4.28. The summed E-state index contributed by atoms with van der Waals surface area (Å²) in [6, 6.07) is 9.84. The molecule has 1 fully saturated rings. The molecule has 4 rings (SSSR count). The summed E-state index contributed by atoms with van der Waals surface area (Å²) < 4.78 is 45.3. The summed E-state index contributed by atoms with van der Waals surface area (Å²) in [5.74, 6) is -2.74. The number of pyridine rings is 1. The van der Waals surface area contributed by atoms with Crippen molar-refractivity contribution in [1.82, 2.24) is 9.47 Å². The average Bonchev–Trinajstić information content (AvgIpc) is 2.85. The Morgan fingerprint density at radius 1 is 1.06 bits per heavy atom. The van der Waals surface area contributed by atoms with Crippen LogP contribution >= 0.6 is 0 Å². The van der Waals surface area contributed by atoms with Crippen molar-refractivity contribution in [2.75, 3.05) is 37.8 Å². The molecule has 6 nitrogen and oxygen atoms in total. The van der Waals surface area contributed by atoms with Crippen LogP contribution in [0.4, 0.5) is 18.9 Å². The van der Waals surface area contributed by atoms with Crippen LogP contribution in [0.5, 0.6) is 0 Å². The number of amides is 1. The summed E-state index contributed by atoms with van der Waals surface area (Å²) in [4.78, 5) is 40.5. The first-order chi connectivity index (χ1) is 16.8. The lowest BCUT2D eigenvalue weighted by molar-refractivity contribution is -0.129. The molecule has 3 aromatic rings. The Kier molecular flexibility index (Phi) is 7.04. The molecule has 1 aliphatic rings. The second kappa shape index (κ2) is 10.2. The average molecular weight is 483 g/mol. The van der Waals surface area contributed by atoms with Gasteiger partial charge in [-0.15, -0.1) is 0 Å². The van der Waals surface area contributed by atoms with E-state index in [1.54, 1.807) is 29.2 Å². The van der Waals surface area contributed by atoms with E-state index >= 15 is 8.78 Å². The van der Waals surface area contributed by atoms with Crippen molar-refractivity contribution in [3.63, 3.8) is 0 Å². The van der Waals surface area contributed by atoms with Crippen LogP contribution in [0.25, 0.3) is 17.0 Å². The molecule has 2 aromatic carbocycles. The monoisotopic (exact) mass is 483 g/mol. The molecule has 0 saturated carbocycles. The Bertz CT molecular complexity index is 1360. The van der Waals surface area contributed by atoms with Gasteiger partial charge in [0.05, 0.1) is 23.0 Å². The molecule has 9 heteroatoms. The number of hydrogen-bond acceptors (Lipinski definition) is 4. The van der Waals surface area contributed by atoms with Crippen LogP contribution in [0.2, 0.25) is 0 Å². The van der Waals surface area contributed by atoms with Gasteiger partial charge in [-0.25, -0.2) is 13.2 Å². The van der Waals surface area contributed by atoms with E-state index in [-0.39, 0.29) is 47.7 Å². The molecule has 1 aromatic heterocycles. The smallest absolute Gasteiger partial charge is 0.219 e. The number of carbonyl (C=O) groups excluding carboxylic acids is 2. The summed E-state index contributed by atoms with van der Waals surface area (Å²) in [5, 5.41) is -0.335. The van der Waals surface area contributed by atoms with Gasteiger partial charge in [-0.1, -0.05) is 36.4 Å². The van der Waals surface area contributed by atoms with E-state index < -0.39 is 29.5 Å². The molecular formula is C26H24F3N3O3. The standard InChI is InChI=1S/C26H24F3N3O3/c1-17(33)30-11-13-31(14-12-30)25-21(28)15-19-24(23(25)29)32(10-9-27)16-20(26(19)35)22(34)8-7-18-5-3-2-4-6-18/h2-8,15-16H,9-14H2,1H3. The van der Waals surface area contributed by atoms with E-state index in [2.05, 4.69) is 0 Å². The van der Waals surface area contributed by atoms with E-state index in [9.17, 15) is 18.8 Å². The highest BCUT2D eigenvalue weighted by Gasteiger charge is 2.27. The highest BCUT2D eigenvalue weighted by molar-refractivity contribution is 6.08. The van der Waals surface area contributed by atoms with Crippen molar-refractivity contribution < 1.29 is 22.8 Å². The third kappa shape index (κ3) is 4.84. The van der Waals surface area contributed by atoms with Gasteiger partial charge in [0.15, 0.2) is 11.6 Å². The Labute approximate surface area is 199 Å². The number of nitrogens with zero attached hydrogens (tertiary/aromatic N) is 3. The quantitative estimate of drug-likeness (QED) is 0.395. The molecule has 1 saturated heterocycles. The molecule has 0 bridgehead atoms. The number of aromatic nitrogens is 1. The highest BCUT2D eigenvalue weighted by atomic mass is 19.1. The van der Waals surface area contributed by atoms with Crippen molar-refractivity contribution in [1.29, 1.82) is 0 Å². The predicted molar refractivity (Wildman–Crippen MR) is 128 cm³/mol. The lowest BCUT2D eigenvalue weighted by Crippen LogP contribution is -2.48. The minimum atomic E-state index is -0.999. The lowest BCUT2D eigenvalue weighted by Gasteiger charge is -2.36. The molecule has 0 spiro atoms. The Balaban J connectivity index is 1.78. The molecule has 0 aliphatic carbocycles. The number of rotatable bonds is 6. The highest BCUT2D eigenvalue weighted by Crippen LogP contribution is 2.31. The minimum Gasteiger partial charge on any atom is -0.363 e. The minimum absolute atomic E-state index is 0.126. The largest absolute Gasteiger partial charge is 0.363 e. The van der Waals surface area contributed by atoms with Crippen LogP contribution in [0.1, 0.15) is 22.8 Å². The molecule has 1 amide bonds. The van der Waals surface area contributed by atoms with Gasteiger partial charge in [0.1, 0.15) is 18.2 Å². The fourth-order valence-corrected chi connectivity index (χ4v) is 4.28. The molecule has 0 radical (unpaired) electrons. The van der Waals surface area contributed by atoms with Crippen LogP contribution in [-0.4, -0.2) is 54.0 Å². The zero-order valence-electron chi connectivity index (χ0n) is 19.1. The zero-order valence-corrected chi connectivity index (χ0v) is 19.1. The molecule has 1 aliphatic heterocycles. The van der Waals surface area contributed by atoms with Crippen LogP contribution in [-0.2, 0) is 11.3 Å². The maximum atomic E-state index is 15.7. The molecule has 0 unspecified atom stereocenters. The number of piperazine rings is 1. The van der Waals surface area contributed by atoms with Gasteiger partial charge in [0.25, 0.3) is 0 Å². The first kappa shape index (κ1) is 24.3. The topological polar surface area (TPSA) is 62.6 Å². The fraction of sp³-hybridized carbons (Fsp3) is 0.269. The number of fused-ring (bicyclic) bond motifs is 1. The predicted octanol–water partition coefficient (Wildman–Crippen LogP) is 3.81. The molecule has 35 heavy (non-hydrogen) atoms. The first-order valence-electron chi connectivity index (χ1n) is 11.2. The van der Waals surface area contributed by atoms with E-state index in [4.69, 9.17) is 0 Å². The maximum absolute atomic E-state index is 15.7.